The van der Waals surface area contributed by atoms with Crippen LogP contribution in [-0.4, -0.2) is 28.7 Å². The number of carbonyl (C=O) groups is 3. The Kier molecular flexibility index (Phi) is 7.42. The van der Waals surface area contributed by atoms with Gasteiger partial charge in [-0.1, -0.05) is 43.6 Å². The van der Waals surface area contributed by atoms with E-state index in [1.54, 1.807) is 11.0 Å². The maximum Gasteiger partial charge on any atom is 0.255 e. The number of carbonyl (C=O) groups excluding carboxylic acids is 3. The van der Waals surface area contributed by atoms with Crippen molar-refractivity contribution in [3.05, 3.63) is 33.8 Å². The van der Waals surface area contributed by atoms with Gasteiger partial charge in [-0.25, -0.2) is 0 Å². The average Bonchev–Trinajstić information content (AvgIpc) is 2.87. The Morgan fingerprint density at radius 1 is 1.13 bits per heavy atom. The van der Waals surface area contributed by atoms with Gasteiger partial charge in [-0.2, -0.15) is 0 Å². The van der Waals surface area contributed by atoms with Crippen molar-refractivity contribution < 1.29 is 14.4 Å². The van der Waals surface area contributed by atoms with Gasteiger partial charge in [0, 0.05) is 23.0 Å². The van der Waals surface area contributed by atoms with E-state index in [0.717, 1.165) is 10.0 Å². The summed E-state index contributed by atoms with van der Waals surface area (Å²) in [5, 5.41) is 2.28. The molecular weight excluding hydrogens is 360 g/mol. The summed E-state index contributed by atoms with van der Waals surface area (Å²) in [5.41, 5.74) is 1.54. The van der Waals surface area contributed by atoms with E-state index in [9.17, 15) is 14.4 Å². The molecular formula is C17H23BrN2O3. The third kappa shape index (κ3) is 4.19. The summed E-state index contributed by atoms with van der Waals surface area (Å²) >= 11 is 3.37. The third-order valence-corrected chi connectivity index (χ3v) is 3.98. The molecule has 3 amide bonds. The van der Waals surface area contributed by atoms with E-state index >= 15 is 0 Å². The van der Waals surface area contributed by atoms with Gasteiger partial charge in [-0.05, 0) is 30.2 Å². The largest absolute Gasteiger partial charge is 0.322 e. The van der Waals surface area contributed by atoms with Crippen LogP contribution in [0.5, 0.6) is 0 Å². The Bertz CT molecular complexity index is 602. The predicted octanol–water partition coefficient (Wildman–Crippen LogP) is 3.26. The van der Waals surface area contributed by atoms with E-state index in [1.165, 1.54) is 0 Å². The van der Waals surface area contributed by atoms with Gasteiger partial charge in [0.1, 0.15) is 6.04 Å². The van der Waals surface area contributed by atoms with Crippen LogP contribution in [0.3, 0.4) is 0 Å². The number of piperidine rings is 1. The number of benzene rings is 1. The first-order valence-corrected chi connectivity index (χ1v) is 8.78. The van der Waals surface area contributed by atoms with Gasteiger partial charge in [0.05, 0.1) is 0 Å². The first-order valence-electron chi connectivity index (χ1n) is 7.99. The van der Waals surface area contributed by atoms with Crippen LogP contribution in [0.1, 0.15) is 56.5 Å². The van der Waals surface area contributed by atoms with Gasteiger partial charge in [0.15, 0.2) is 0 Å². The Hall–Kier alpha value is -1.69. The van der Waals surface area contributed by atoms with Crippen LogP contribution in [0.15, 0.2) is 22.7 Å². The molecule has 3 rings (SSSR count). The maximum absolute atomic E-state index is 12.3. The molecule has 1 fully saturated rings. The number of hydrogen-bond donors (Lipinski definition) is 1. The van der Waals surface area contributed by atoms with Gasteiger partial charge in [-0.3, -0.25) is 19.7 Å². The molecule has 126 valence electrons. The second kappa shape index (κ2) is 8.82. The molecule has 0 bridgehead atoms. The van der Waals surface area contributed by atoms with Crippen molar-refractivity contribution in [3.63, 3.8) is 0 Å². The monoisotopic (exact) mass is 382 g/mol. The van der Waals surface area contributed by atoms with Gasteiger partial charge in [0.25, 0.3) is 5.91 Å². The minimum atomic E-state index is -0.545. The van der Waals surface area contributed by atoms with E-state index in [-0.39, 0.29) is 24.1 Å². The highest BCUT2D eigenvalue weighted by Gasteiger charge is 2.38. The van der Waals surface area contributed by atoms with Gasteiger partial charge >= 0.3 is 0 Å². The van der Waals surface area contributed by atoms with Crippen LogP contribution in [0.4, 0.5) is 0 Å². The summed E-state index contributed by atoms with van der Waals surface area (Å²) in [5.74, 6) is -0.790. The summed E-state index contributed by atoms with van der Waals surface area (Å²) in [6.07, 6.45) is 0.672. The Labute approximate surface area is 145 Å². The molecule has 0 saturated carbocycles. The van der Waals surface area contributed by atoms with Gasteiger partial charge in [-0.15, -0.1) is 0 Å². The molecule has 0 aromatic heterocycles. The third-order valence-electron chi connectivity index (χ3n) is 3.49. The molecule has 2 heterocycles. The van der Waals surface area contributed by atoms with Crippen LogP contribution >= 0.6 is 15.9 Å². The molecule has 2 aliphatic heterocycles. The van der Waals surface area contributed by atoms with Crippen LogP contribution < -0.4 is 5.32 Å². The molecule has 6 heteroatoms. The van der Waals surface area contributed by atoms with Crippen molar-refractivity contribution in [1.82, 2.24) is 10.2 Å². The van der Waals surface area contributed by atoms with Gasteiger partial charge in [0.2, 0.25) is 11.8 Å². The normalized spacial score (nSPS) is 19.1. The highest BCUT2D eigenvalue weighted by molar-refractivity contribution is 9.10. The van der Waals surface area contributed by atoms with E-state index in [0.29, 0.717) is 18.5 Å². The fourth-order valence-electron chi connectivity index (χ4n) is 2.54. The van der Waals surface area contributed by atoms with Gasteiger partial charge < -0.3 is 4.90 Å². The maximum atomic E-state index is 12.3. The lowest BCUT2D eigenvalue weighted by atomic mass is 10.0. The van der Waals surface area contributed by atoms with E-state index in [2.05, 4.69) is 21.2 Å². The van der Waals surface area contributed by atoms with Crippen molar-refractivity contribution in [2.24, 2.45) is 0 Å². The number of fused-ring (bicyclic) bond motifs is 1. The summed E-state index contributed by atoms with van der Waals surface area (Å²) < 4.78 is 0.907. The molecule has 1 aromatic carbocycles. The zero-order chi connectivity index (χ0) is 17.6. The zero-order valence-electron chi connectivity index (χ0n) is 14.0. The van der Waals surface area contributed by atoms with Crippen LogP contribution in [0.25, 0.3) is 0 Å². The van der Waals surface area contributed by atoms with Crippen molar-refractivity contribution in [2.75, 3.05) is 0 Å². The lowest BCUT2D eigenvalue weighted by Crippen LogP contribution is -2.52. The van der Waals surface area contributed by atoms with Crippen molar-refractivity contribution in [1.29, 1.82) is 0 Å². The number of rotatable bonds is 1. The Balaban J connectivity index is 0.000000615. The number of hydrogen-bond acceptors (Lipinski definition) is 3. The summed E-state index contributed by atoms with van der Waals surface area (Å²) in [6, 6.07) is 4.91. The van der Waals surface area contributed by atoms with Crippen LogP contribution in [-0.2, 0) is 16.1 Å². The molecule has 0 spiro atoms. The molecule has 0 aliphatic carbocycles. The lowest BCUT2D eigenvalue weighted by Gasteiger charge is -2.29. The number of halogens is 1. The summed E-state index contributed by atoms with van der Waals surface area (Å²) in [7, 11) is 0. The molecule has 2 aliphatic rings. The highest BCUT2D eigenvalue weighted by atomic mass is 79.9. The van der Waals surface area contributed by atoms with Crippen molar-refractivity contribution in [2.45, 2.75) is 53.1 Å². The Morgan fingerprint density at radius 2 is 1.78 bits per heavy atom. The molecule has 0 radical (unpaired) electrons. The van der Waals surface area contributed by atoms with E-state index < -0.39 is 6.04 Å². The number of imide groups is 1. The standard InChI is InChI=1S/C13H11BrN2O3.2C2H6/c14-8-1-2-9-7(5-8)6-16(13(9)19)10-3-4-11(17)15-12(10)18;2*1-2/h1-2,5,10H,3-4,6H2,(H,15,17,18);2*1-2H3. The van der Waals surface area contributed by atoms with Crippen LogP contribution in [0.2, 0.25) is 0 Å². The summed E-state index contributed by atoms with van der Waals surface area (Å²) in [4.78, 5) is 36.8. The highest BCUT2D eigenvalue weighted by Crippen LogP contribution is 2.29. The molecule has 1 atom stereocenters. The topological polar surface area (TPSA) is 66.5 Å². The van der Waals surface area contributed by atoms with Crippen LogP contribution in [0, 0.1) is 0 Å². The smallest absolute Gasteiger partial charge is 0.255 e. The number of amides is 3. The van der Waals surface area contributed by atoms with E-state index in [1.807, 2.05) is 39.8 Å². The first-order chi connectivity index (χ1) is 11.1. The molecule has 5 nitrogen and oxygen atoms in total. The molecule has 1 N–H and O–H groups in total. The lowest BCUT2D eigenvalue weighted by molar-refractivity contribution is -0.136. The zero-order valence-corrected chi connectivity index (χ0v) is 15.6. The summed E-state index contributed by atoms with van der Waals surface area (Å²) in [6.45, 7) is 8.42. The minimum absolute atomic E-state index is 0.142. The number of nitrogens with one attached hydrogen (secondary N) is 1. The second-order valence-corrected chi connectivity index (χ2v) is 5.62. The predicted molar refractivity (Wildman–Crippen MR) is 92.9 cm³/mol. The SMILES string of the molecule is CC.CC.O=C1CCC(N2Cc3cc(Br)ccc3C2=O)C(=O)N1. The average molecular weight is 383 g/mol. The fourth-order valence-corrected chi connectivity index (χ4v) is 2.95. The van der Waals surface area contributed by atoms with Crippen molar-refractivity contribution in [3.8, 4) is 0 Å². The quantitative estimate of drug-likeness (QED) is 0.757. The molecule has 1 saturated heterocycles. The van der Waals surface area contributed by atoms with Crippen molar-refractivity contribution >= 4 is 33.7 Å². The second-order valence-electron chi connectivity index (χ2n) is 4.70. The fraction of sp³-hybridized carbons (Fsp3) is 0.471. The molecule has 23 heavy (non-hydrogen) atoms. The molecule has 1 aromatic rings. The van der Waals surface area contributed by atoms with E-state index in [4.69, 9.17) is 0 Å². The first kappa shape index (κ1) is 19.4. The number of nitrogens with zero attached hydrogens (tertiary/aromatic N) is 1. The molecule has 1 unspecified atom stereocenters. The minimum Gasteiger partial charge on any atom is -0.322 e. The Morgan fingerprint density at radius 3 is 2.39 bits per heavy atom.